The van der Waals surface area contributed by atoms with E-state index in [9.17, 15) is 4.79 Å². The number of hydrogen-bond donors (Lipinski definition) is 0. The van der Waals surface area contributed by atoms with Gasteiger partial charge in [-0.05, 0) is 47.4 Å². The van der Waals surface area contributed by atoms with E-state index in [0.29, 0.717) is 5.82 Å². The molecule has 1 aliphatic carbocycles. The summed E-state index contributed by atoms with van der Waals surface area (Å²) in [5.74, 6) is 0.598. The minimum absolute atomic E-state index is 0.00740. The van der Waals surface area contributed by atoms with Crippen LogP contribution in [-0.4, -0.2) is 29.8 Å². The first-order chi connectivity index (χ1) is 12.3. The summed E-state index contributed by atoms with van der Waals surface area (Å²) in [6.45, 7) is 0.286. The van der Waals surface area contributed by atoms with E-state index in [0.717, 1.165) is 35.2 Å². The molecule has 25 heavy (non-hydrogen) atoms. The number of aromatic nitrogens is 6. The summed E-state index contributed by atoms with van der Waals surface area (Å²) in [4.78, 5) is 19.6. The number of hydrogen-bond acceptors (Lipinski definition) is 6. The fourth-order valence-corrected chi connectivity index (χ4v) is 4.58. The zero-order valence-electron chi connectivity index (χ0n) is 13.3. The number of tetrazole rings is 1. The topological polar surface area (TPSA) is 78.5 Å². The van der Waals surface area contributed by atoms with Crippen LogP contribution in [0.5, 0.6) is 0 Å². The Morgan fingerprint density at radius 2 is 2.04 bits per heavy atom. The molecule has 0 spiro atoms. The number of rotatable bonds is 3. The first-order valence-corrected chi connectivity index (χ1v) is 8.95. The maximum atomic E-state index is 13.0. The van der Waals surface area contributed by atoms with Crippen LogP contribution in [0, 0.1) is 0 Å². The number of fused-ring (bicyclic) bond motifs is 3. The van der Waals surface area contributed by atoms with E-state index in [1.54, 1.807) is 26.9 Å². The van der Waals surface area contributed by atoms with Crippen molar-refractivity contribution in [1.82, 2.24) is 29.8 Å². The van der Waals surface area contributed by atoms with Crippen molar-refractivity contribution in [3.05, 3.63) is 63.3 Å². The van der Waals surface area contributed by atoms with Crippen LogP contribution < -0.4 is 5.56 Å². The van der Waals surface area contributed by atoms with Gasteiger partial charge in [-0.25, -0.2) is 4.98 Å². The molecule has 0 N–H and O–H groups in total. The lowest BCUT2D eigenvalue weighted by Gasteiger charge is -2.07. The summed E-state index contributed by atoms with van der Waals surface area (Å²) in [7, 11) is 0. The normalized spacial score (nSPS) is 13.4. The molecule has 5 rings (SSSR count). The number of thiophene rings is 1. The smallest absolute Gasteiger partial charge is 0.262 e. The lowest BCUT2D eigenvalue weighted by Crippen LogP contribution is -2.23. The Hall–Kier alpha value is -2.87. The second-order valence-corrected chi connectivity index (χ2v) is 7.14. The van der Waals surface area contributed by atoms with E-state index in [4.69, 9.17) is 0 Å². The molecular formula is C17H14N6OS. The molecule has 0 amide bonds. The molecule has 124 valence electrons. The van der Waals surface area contributed by atoms with Crippen molar-refractivity contribution in [2.45, 2.75) is 25.8 Å². The lowest BCUT2D eigenvalue weighted by atomic mass is 10.2. The third-order valence-electron chi connectivity index (χ3n) is 4.54. The summed E-state index contributed by atoms with van der Waals surface area (Å²) >= 11 is 1.65. The van der Waals surface area contributed by atoms with Gasteiger partial charge < -0.3 is 0 Å². The molecule has 4 aromatic rings. The number of para-hydroxylation sites is 1. The number of aryl methyl sites for hydroxylation is 2. The average Bonchev–Trinajstić information content (AvgIpc) is 3.33. The highest BCUT2D eigenvalue weighted by Gasteiger charge is 2.21. The van der Waals surface area contributed by atoms with Crippen molar-refractivity contribution in [2.24, 2.45) is 0 Å². The van der Waals surface area contributed by atoms with E-state index in [2.05, 4.69) is 20.5 Å². The van der Waals surface area contributed by atoms with Crippen molar-refractivity contribution in [3.8, 4) is 5.69 Å². The van der Waals surface area contributed by atoms with Gasteiger partial charge in [0.25, 0.3) is 5.56 Å². The molecule has 7 nitrogen and oxygen atoms in total. The molecule has 8 heteroatoms. The summed E-state index contributed by atoms with van der Waals surface area (Å²) in [5.41, 5.74) is 2.04. The SMILES string of the molecule is O=c1c2c3c(sc2ncn1Cc1nnnn1-c1ccccc1)CCC3. The van der Waals surface area contributed by atoms with Crippen molar-refractivity contribution >= 4 is 21.6 Å². The number of benzene rings is 1. The first-order valence-electron chi connectivity index (χ1n) is 8.13. The minimum Gasteiger partial charge on any atom is -0.291 e. The highest BCUT2D eigenvalue weighted by atomic mass is 32.1. The largest absolute Gasteiger partial charge is 0.291 e. The maximum absolute atomic E-state index is 13.0. The monoisotopic (exact) mass is 350 g/mol. The Morgan fingerprint density at radius 1 is 1.16 bits per heavy atom. The molecule has 0 saturated carbocycles. The van der Waals surface area contributed by atoms with Crippen molar-refractivity contribution in [3.63, 3.8) is 0 Å². The predicted molar refractivity (Wildman–Crippen MR) is 94.2 cm³/mol. The second-order valence-electron chi connectivity index (χ2n) is 6.06. The fraction of sp³-hybridized carbons (Fsp3) is 0.235. The van der Waals surface area contributed by atoms with Crippen molar-refractivity contribution < 1.29 is 0 Å². The molecule has 3 aromatic heterocycles. The highest BCUT2D eigenvalue weighted by Crippen LogP contribution is 2.34. The van der Waals surface area contributed by atoms with Crippen molar-refractivity contribution in [1.29, 1.82) is 0 Å². The Labute approximate surface area is 146 Å². The van der Waals surface area contributed by atoms with Gasteiger partial charge in [-0.15, -0.1) is 16.4 Å². The van der Waals surface area contributed by atoms with Crippen LogP contribution in [0.15, 0.2) is 41.5 Å². The van der Waals surface area contributed by atoms with Crippen LogP contribution >= 0.6 is 11.3 Å². The van der Waals surface area contributed by atoms with Gasteiger partial charge in [-0.3, -0.25) is 9.36 Å². The van der Waals surface area contributed by atoms with E-state index < -0.39 is 0 Å². The number of nitrogens with zero attached hydrogens (tertiary/aromatic N) is 6. The zero-order valence-corrected chi connectivity index (χ0v) is 14.1. The molecule has 0 bridgehead atoms. The maximum Gasteiger partial charge on any atom is 0.262 e. The van der Waals surface area contributed by atoms with E-state index in [1.165, 1.54) is 10.4 Å². The molecule has 0 radical (unpaired) electrons. The van der Waals surface area contributed by atoms with Crippen LogP contribution in [0.4, 0.5) is 0 Å². The molecule has 0 saturated heterocycles. The second kappa shape index (κ2) is 5.59. The quantitative estimate of drug-likeness (QED) is 0.564. The first kappa shape index (κ1) is 14.5. The Balaban J connectivity index is 1.59. The lowest BCUT2D eigenvalue weighted by molar-refractivity contribution is 0.675. The summed E-state index contributed by atoms with van der Waals surface area (Å²) in [5, 5.41) is 12.7. The van der Waals surface area contributed by atoms with Crippen LogP contribution in [-0.2, 0) is 19.4 Å². The van der Waals surface area contributed by atoms with Gasteiger partial charge in [-0.1, -0.05) is 18.2 Å². The van der Waals surface area contributed by atoms with Gasteiger partial charge in [0.2, 0.25) is 0 Å². The van der Waals surface area contributed by atoms with Gasteiger partial charge in [0.15, 0.2) is 5.82 Å². The van der Waals surface area contributed by atoms with Crippen LogP contribution in [0.25, 0.3) is 15.9 Å². The highest BCUT2D eigenvalue weighted by molar-refractivity contribution is 7.18. The van der Waals surface area contributed by atoms with Crippen LogP contribution in [0.2, 0.25) is 0 Å². The van der Waals surface area contributed by atoms with Gasteiger partial charge >= 0.3 is 0 Å². The molecule has 0 unspecified atom stereocenters. The molecule has 3 heterocycles. The van der Waals surface area contributed by atoms with Crippen LogP contribution in [0.3, 0.4) is 0 Å². The van der Waals surface area contributed by atoms with Crippen LogP contribution in [0.1, 0.15) is 22.7 Å². The summed E-state index contributed by atoms with van der Waals surface area (Å²) < 4.78 is 3.24. The Bertz CT molecular complexity index is 1130. The van der Waals surface area contributed by atoms with Gasteiger partial charge in [-0.2, -0.15) is 4.68 Å². The van der Waals surface area contributed by atoms with Gasteiger partial charge in [0.05, 0.1) is 23.9 Å². The molecule has 1 aromatic carbocycles. The van der Waals surface area contributed by atoms with Gasteiger partial charge in [0, 0.05) is 4.88 Å². The zero-order chi connectivity index (χ0) is 16.8. The standard InChI is InChI=1S/C17H14N6OS/c24-17-15-12-7-4-8-13(12)25-16(15)18-10-22(17)9-14-19-20-21-23(14)11-5-2-1-3-6-11/h1-3,5-6,10H,4,7-9H2. The van der Waals surface area contributed by atoms with Crippen molar-refractivity contribution in [2.75, 3.05) is 0 Å². The summed E-state index contributed by atoms with van der Waals surface area (Å²) in [6.07, 6.45) is 4.75. The average molecular weight is 350 g/mol. The molecule has 0 atom stereocenters. The molecule has 0 aliphatic heterocycles. The minimum atomic E-state index is -0.00740. The molecule has 0 fully saturated rings. The van der Waals surface area contributed by atoms with Gasteiger partial charge in [0.1, 0.15) is 4.83 Å². The molecular weight excluding hydrogens is 336 g/mol. The summed E-state index contributed by atoms with van der Waals surface area (Å²) in [6, 6.07) is 9.64. The molecule has 1 aliphatic rings. The third-order valence-corrected chi connectivity index (χ3v) is 5.74. The predicted octanol–water partition coefficient (Wildman–Crippen LogP) is 1.97. The Morgan fingerprint density at radius 3 is 2.92 bits per heavy atom. The van der Waals surface area contributed by atoms with E-state index >= 15 is 0 Å². The van der Waals surface area contributed by atoms with E-state index in [-0.39, 0.29) is 12.1 Å². The third kappa shape index (κ3) is 2.29. The Kier molecular flexibility index (Phi) is 3.24. The fourth-order valence-electron chi connectivity index (χ4n) is 3.36. The van der Waals surface area contributed by atoms with E-state index in [1.807, 2.05) is 30.3 Å².